The summed E-state index contributed by atoms with van der Waals surface area (Å²) in [6.07, 6.45) is -3.83. The molecule has 0 bridgehead atoms. The quantitative estimate of drug-likeness (QED) is 0.782. The number of carbonyl (C=O) groups is 1. The van der Waals surface area contributed by atoms with Gasteiger partial charge in [-0.25, -0.2) is 0 Å². The van der Waals surface area contributed by atoms with Gasteiger partial charge in [0.1, 0.15) is 0 Å². The number of halogens is 3. The van der Waals surface area contributed by atoms with Crippen molar-refractivity contribution in [2.75, 3.05) is 0 Å². The molecule has 94 valence electrons. The highest BCUT2D eigenvalue weighted by Gasteiger charge is 2.30. The average molecular weight is 272 g/mol. The molecule has 18 heavy (non-hydrogen) atoms. The van der Waals surface area contributed by atoms with Gasteiger partial charge in [0.2, 0.25) is 0 Å². The van der Waals surface area contributed by atoms with Crippen molar-refractivity contribution in [3.8, 4) is 0 Å². The summed E-state index contributed by atoms with van der Waals surface area (Å²) in [5.41, 5.74) is -0.713. The minimum absolute atomic E-state index is 0.143. The van der Waals surface area contributed by atoms with Crippen LogP contribution >= 0.6 is 11.8 Å². The number of alkyl halides is 3. The number of furan rings is 1. The second kappa shape index (κ2) is 4.89. The summed E-state index contributed by atoms with van der Waals surface area (Å²) in [7, 11) is 0. The highest BCUT2D eigenvalue weighted by Crippen LogP contribution is 2.34. The lowest BCUT2D eigenvalue weighted by atomic mass is 10.2. The molecule has 2 nitrogen and oxygen atoms in total. The maximum Gasteiger partial charge on any atom is 0.416 e. The van der Waals surface area contributed by atoms with E-state index in [1.54, 1.807) is 6.07 Å². The van der Waals surface area contributed by atoms with Crippen molar-refractivity contribution in [3.63, 3.8) is 0 Å². The van der Waals surface area contributed by atoms with Gasteiger partial charge in [0.25, 0.3) is 0 Å². The zero-order valence-corrected chi connectivity index (χ0v) is 9.72. The normalized spacial score (nSPS) is 11.5. The van der Waals surface area contributed by atoms with Crippen LogP contribution in [0, 0.1) is 0 Å². The lowest BCUT2D eigenvalue weighted by Crippen LogP contribution is -2.04. The summed E-state index contributed by atoms with van der Waals surface area (Å²) in [6, 6.07) is 7.91. The second-order valence-corrected chi connectivity index (χ2v) is 4.48. The van der Waals surface area contributed by atoms with Gasteiger partial charge in [-0.05, 0) is 30.3 Å². The van der Waals surface area contributed by atoms with Gasteiger partial charge in [-0.1, -0.05) is 17.8 Å². The molecule has 2 aromatic rings. The minimum Gasteiger partial charge on any atom is -0.447 e. The van der Waals surface area contributed by atoms with Crippen molar-refractivity contribution in [1.82, 2.24) is 0 Å². The van der Waals surface area contributed by atoms with Gasteiger partial charge >= 0.3 is 6.18 Å². The zero-order chi connectivity index (χ0) is 13.2. The molecule has 1 aromatic heterocycles. The predicted octanol–water partition coefficient (Wildman–Crippen LogP) is 4.26. The van der Waals surface area contributed by atoms with E-state index in [1.165, 1.54) is 18.2 Å². The molecule has 1 heterocycles. The molecule has 0 saturated heterocycles. The number of hydrogen-bond donors (Lipinski definition) is 0. The maximum atomic E-state index is 12.5. The molecule has 0 fully saturated rings. The molecule has 0 aliphatic rings. The van der Waals surface area contributed by atoms with Crippen molar-refractivity contribution >= 4 is 18.0 Å². The first-order chi connectivity index (χ1) is 8.49. The Hall–Kier alpha value is -1.69. The molecule has 0 unspecified atom stereocenters. The lowest BCUT2D eigenvalue weighted by molar-refractivity contribution is -0.137. The fraction of sp³-hybridized carbons (Fsp3) is 0.0833. The van der Waals surface area contributed by atoms with Crippen LogP contribution in [0.1, 0.15) is 16.1 Å². The highest BCUT2D eigenvalue weighted by molar-refractivity contribution is 7.99. The fourth-order valence-corrected chi connectivity index (χ4v) is 2.14. The van der Waals surface area contributed by atoms with E-state index in [0.29, 0.717) is 16.3 Å². The Labute approximate surface area is 105 Å². The van der Waals surface area contributed by atoms with Crippen molar-refractivity contribution in [2.45, 2.75) is 16.2 Å². The van der Waals surface area contributed by atoms with Gasteiger partial charge in [0.05, 0.1) is 5.56 Å². The zero-order valence-electron chi connectivity index (χ0n) is 8.90. The van der Waals surface area contributed by atoms with Gasteiger partial charge in [-0.2, -0.15) is 13.2 Å². The summed E-state index contributed by atoms with van der Waals surface area (Å²) in [5.74, 6) is 0.143. The van der Waals surface area contributed by atoms with E-state index in [9.17, 15) is 18.0 Å². The summed E-state index contributed by atoms with van der Waals surface area (Å²) in [6.45, 7) is 0. The highest BCUT2D eigenvalue weighted by atomic mass is 32.2. The first-order valence-electron chi connectivity index (χ1n) is 4.89. The van der Waals surface area contributed by atoms with Crippen LogP contribution in [-0.2, 0) is 6.18 Å². The van der Waals surface area contributed by atoms with Crippen molar-refractivity contribution < 1.29 is 22.4 Å². The monoisotopic (exact) mass is 272 g/mol. The fourth-order valence-electron chi connectivity index (χ4n) is 1.30. The van der Waals surface area contributed by atoms with Crippen LogP contribution in [-0.4, -0.2) is 6.29 Å². The molecule has 6 heteroatoms. The van der Waals surface area contributed by atoms with Crippen LogP contribution in [0.25, 0.3) is 0 Å². The van der Waals surface area contributed by atoms with E-state index in [2.05, 4.69) is 0 Å². The number of benzene rings is 1. The van der Waals surface area contributed by atoms with E-state index >= 15 is 0 Å². The van der Waals surface area contributed by atoms with E-state index in [-0.39, 0.29) is 5.76 Å². The van der Waals surface area contributed by atoms with Crippen LogP contribution in [0.2, 0.25) is 0 Å². The summed E-state index contributed by atoms with van der Waals surface area (Å²) in [5, 5.41) is 0.372. The maximum absolute atomic E-state index is 12.5. The second-order valence-electron chi connectivity index (χ2n) is 3.40. The molecule has 1 aromatic carbocycles. The van der Waals surface area contributed by atoms with Crippen LogP contribution < -0.4 is 0 Å². The molecule has 0 aliphatic carbocycles. The van der Waals surface area contributed by atoms with Gasteiger partial charge in [0.15, 0.2) is 17.1 Å². The van der Waals surface area contributed by atoms with Crippen molar-refractivity contribution in [1.29, 1.82) is 0 Å². The smallest absolute Gasteiger partial charge is 0.416 e. The standard InChI is InChI=1S/C12H7F3O2S/c13-12(14,15)8-2-1-3-10(6-8)18-11-5-4-9(7-16)17-11/h1-7H. The van der Waals surface area contributed by atoms with E-state index < -0.39 is 11.7 Å². The summed E-state index contributed by atoms with van der Waals surface area (Å²) >= 11 is 1.03. The van der Waals surface area contributed by atoms with E-state index in [0.717, 1.165) is 23.9 Å². The van der Waals surface area contributed by atoms with Gasteiger partial charge in [-0.3, -0.25) is 4.79 Å². The number of rotatable bonds is 3. The first-order valence-corrected chi connectivity index (χ1v) is 5.71. The molecule has 0 atom stereocenters. The Kier molecular flexibility index (Phi) is 3.47. The topological polar surface area (TPSA) is 30.2 Å². The SMILES string of the molecule is O=Cc1ccc(Sc2cccc(C(F)(F)F)c2)o1. The average Bonchev–Trinajstić information content (AvgIpc) is 2.76. The molecule has 0 N–H and O–H groups in total. The number of hydrogen-bond acceptors (Lipinski definition) is 3. The predicted molar refractivity (Wildman–Crippen MR) is 59.7 cm³/mol. The molecular weight excluding hydrogens is 265 g/mol. The molecule has 0 saturated carbocycles. The Balaban J connectivity index is 2.21. The Morgan fingerprint density at radius 3 is 2.56 bits per heavy atom. The third kappa shape index (κ3) is 2.95. The van der Waals surface area contributed by atoms with Gasteiger partial charge < -0.3 is 4.42 Å². The van der Waals surface area contributed by atoms with Crippen LogP contribution in [0.15, 0.2) is 50.8 Å². The Morgan fingerprint density at radius 1 is 1.17 bits per heavy atom. The first kappa shape index (κ1) is 12.8. The molecular formula is C12H7F3O2S. The van der Waals surface area contributed by atoms with E-state index in [1.807, 2.05) is 0 Å². The van der Waals surface area contributed by atoms with Crippen LogP contribution in [0.4, 0.5) is 13.2 Å². The number of carbonyl (C=O) groups excluding carboxylic acids is 1. The lowest BCUT2D eigenvalue weighted by Gasteiger charge is -2.07. The molecule has 0 amide bonds. The third-order valence-corrected chi connectivity index (χ3v) is 3.01. The van der Waals surface area contributed by atoms with Gasteiger partial charge in [0, 0.05) is 4.90 Å². The van der Waals surface area contributed by atoms with Crippen LogP contribution in [0.3, 0.4) is 0 Å². The Bertz CT molecular complexity index is 560. The molecule has 2 rings (SSSR count). The number of aldehydes is 1. The summed E-state index contributed by atoms with van der Waals surface area (Å²) < 4.78 is 42.5. The molecule has 0 radical (unpaired) electrons. The summed E-state index contributed by atoms with van der Waals surface area (Å²) in [4.78, 5) is 10.8. The Morgan fingerprint density at radius 2 is 1.94 bits per heavy atom. The van der Waals surface area contributed by atoms with Gasteiger partial charge in [-0.15, -0.1) is 0 Å². The van der Waals surface area contributed by atoms with E-state index in [4.69, 9.17) is 4.42 Å². The van der Waals surface area contributed by atoms with Crippen molar-refractivity contribution in [2.24, 2.45) is 0 Å². The molecule has 0 aliphatic heterocycles. The molecule has 0 spiro atoms. The largest absolute Gasteiger partial charge is 0.447 e. The van der Waals surface area contributed by atoms with Crippen molar-refractivity contribution in [3.05, 3.63) is 47.7 Å². The minimum atomic E-state index is -4.37. The van der Waals surface area contributed by atoms with Crippen LogP contribution in [0.5, 0.6) is 0 Å². The third-order valence-electron chi connectivity index (χ3n) is 2.10.